The van der Waals surface area contributed by atoms with Gasteiger partial charge in [0.15, 0.2) is 0 Å². The van der Waals surface area contributed by atoms with E-state index in [0.717, 1.165) is 24.0 Å². The Balaban J connectivity index is 1.35. The monoisotopic (exact) mass is 478 g/mol. The molecule has 186 valence electrons. The number of hydrogen-bond donors (Lipinski definition) is 3. The zero-order chi connectivity index (χ0) is 25.0. The number of hydrogen-bond acceptors (Lipinski definition) is 4. The highest BCUT2D eigenvalue weighted by Gasteiger charge is 2.34. The van der Waals surface area contributed by atoms with Crippen LogP contribution in [-0.2, 0) is 14.3 Å². The minimum absolute atomic E-state index is 0.0185. The molecule has 7 nitrogen and oxygen atoms in total. The standard InChI is InChI=1S/C28H34N2O5/c1-28(2,15-25(31)32)17-29-26(33)22-13-7-8-14-24(22)30-27(34)35-16-23-20-11-5-3-9-18(20)19-10-4-6-12-21(19)23/h3-6,9-12,22-24H,7-8,13-17H2,1-2H3,(H,29,33)(H,30,34)(H,31,32)/t22-,24+/m1/s1. The molecule has 35 heavy (non-hydrogen) atoms. The van der Waals surface area contributed by atoms with Crippen LogP contribution < -0.4 is 10.6 Å². The molecule has 0 aromatic heterocycles. The third-order valence-electron chi connectivity index (χ3n) is 7.12. The highest BCUT2D eigenvalue weighted by molar-refractivity contribution is 5.81. The molecule has 0 unspecified atom stereocenters. The second-order valence-corrected chi connectivity index (χ2v) is 10.4. The van der Waals surface area contributed by atoms with Crippen LogP contribution in [-0.4, -0.2) is 42.3 Å². The van der Waals surface area contributed by atoms with Gasteiger partial charge in [0.05, 0.1) is 12.3 Å². The molecule has 0 saturated heterocycles. The number of carboxylic acid groups (broad SMARTS) is 1. The molecule has 0 radical (unpaired) electrons. The predicted molar refractivity (Wildman–Crippen MR) is 133 cm³/mol. The maximum Gasteiger partial charge on any atom is 0.407 e. The smallest absolute Gasteiger partial charge is 0.407 e. The second kappa shape index (κ2) is 10.5. The summed E-state index contributed by atoms with van der Waals surface area (Å²) in [5.41, 5.74) is 4.10. The summed E-state index contributed by atoms with van der Waals surface area (Å²) in [5, 5.41) is 14.9. The van der Waals surface area contributed by atoms with Crippen LogP contribution in [0.15, 0.2) is 48.5 Å². The quantitative estimate of drug-likeness (QED) is 0.510. The largest absolute Gasteiger partial charge is 0.481 e. The van der Waals surface area contributed by atoms with Crippen molar-refractivity contribution in [2.45, 2.75) is 57.9 Å². The van der Waals surface area contributed by atoms with Crippen molar-refractivity contribution >= 4 is 18.0 Å². The van der Waals surface area contributed by atoms with Gasteiger partial charge in [0.2, 0.25) is 5.91 Å². The zero-order valence-electron chi connectivity index (χ0n) is 20.4. The number of nitrogens with one attached hydrogen (secondary N) is 2. The van der Waals surface area contributed by atoms with E-state index in [1.54, 1.807) is 0 Å². The Morgan fingerprint density at radius 2 is 1.57 bits per heavy atom. The van der Waals surface area contributed by atoms with Crippen LogP contribution in [0.3, 0.4) is 0 Å². The predicted octanol–water partition coefficient (Wildman–Crippen LogP) is 4.70. The molecule has 1 fully saturated rings. The summed E-state index contributed by atoms with van der Waals surface area (Å²) in [6.07, 6.45) is 2.70. The third-order valence-corrected chi connectivity index (χ3v) is 7.12. The molecule has 0 aliphatic heterocycles. The number of aliphatic carboxylic acids is 1. The Labute approximate surface area is 206 Å². The molecule has 2 amide bonds. The highest BCUT2D eigenvalue weighted by Crippen LogP contribution is 2.44. The molecule has 1 saturated carbocycles. The van der Waals surface area contributed by atoms with E-state index in [1.807, 2.05) is 38.1 Å². The molecule has 4 rings (SSSR count). The van der Waals surface area contributed by atoms with Crippen molar-refractivity contribution in [3.63, 3.8) is 0 Å². The van der Waals surface area contributed by atoms with E-state index in [-0.39, 0.29) is 43.4 Å². The Hall–Kier alpha value is -3.35. The summed E-state index contributed by atoms with van der Waals surface area (Å²) in [5.74, 6) is -1.41. The second-order valence-electron chi connectivity index (χ2n) is 10.4. The number of alkyl carbamates (subject to hydrolysis) is 1. The molecule has 2 aliphatic rings. The van der Waals surface area contributed by atoms with E-state index < -0.39 is 17.5 Å². The van der Waals surface area contributed by atoms with Crippen LogP contribution >= 0.6 is 0 Å². The van der Waals surface area contributed by atoms with Gasteiger partial charge in [-0.25, -0.2) is 4.79 Å². The van der Waals surface area contributed by atoms with Gasteiger partial charge in [-0.1, -0.05) is 75.2 Å². The van der Waals surface area contributed by atoms with Gasteiger partial charge in [0, 0.05) is 18.5 Å². The fraction of sp³-hybridized carbons (Fsp3) is 0.464. The number of ether oxygens (including phenoxy) is 1. The third kappa shape index (κ3) is 5.84. The van der Waals surface area contributed by atoms with E-state index in [2.05, 4.69) is 34.9 Å². The Morgan fingerprint density at radius 1 is 0.971 bits per heavy atom. The van der Waals surface area contributed by atoms with Crippen molar-refractivity contribution < 1.29 is 24.2 Å². The molecular weight excluding hydrogens is 444 g/mol. The molecular formula is C28H34N2O5. The average molecular weight is 479 g/mol. The van der Waals surface area contributed by atoms with Crippen LogP contribution in [0.25, 0.3) is 11.1 Å². The molecule has 3 N–H and O–H groups in total. The molecule has 2 aromatic rings. The first-order valence-electron chi connectivity index (χ1n) is 12.4. The Morgan fingerprint density at radius 3 is 2.20 bits per heavy atom. The van der Waals surface area contributed by atoms with Crippen molar-refractivity contribution in [1.82, 2.24) is 10.6 Å². The first-order valence-corrected chi connectivity index (χ1v) is 12.4. The Kier molecular flexibility index (Phi) is 7.43. The van der Waals surface area contributed by atoms with Crippen molar-refractivity contribution in [3.05, 3.63) is 59.7 Å². The lowest BCUT2D eigenvalue weighted by molar-refractivity contribution is -0.139. The molecule has 0 heterocycles. The lowest BCUT2D eigenvalue weighted by Gasteiger charge is -2.32. The fourth-order valence-corrected chi connectivity index (χ4v) is 5.34. The van der Waals surface area contributed by atoms with Crippen LogP contribution in [0.4, 0.5) is 4.79 Å². The van der Waals surface area contributed by atoms with Crippen molar-refractivity contribution in [3.8, 4) is 11.1 Å². The SMILES string of the molecule is CC(C)(CNC(=O)[C@@H]1CCCC[C@@H]1NC(=O)OCC1c2ccccc2-c2ccccc21)CC(=O)O. The van der Waals surface area contributed by atoms with Gasteiger partial charge in [-0.15, -0.1) is 0 Å². The van der Waals surface area contributed by atoms with Crippen molar-refractivity contribution in [1.29, 1.82) is 0 Å². The summed E-state index contributed by atoms with van der Waals surface area (Å²) >= 11 is 0. The lowest BCUT2D eigenvalue weighted by Crippen LogP contribution is -2.50. The molecule has 0 bridgehead atoms. The van der Waals surface area contributed by atoms with E-state index in [1.165, 1.54) is 11.1 Å². The first kappa shape index (κ1) is 24.8. The van der Waals surface area contributed by atoms with Crippen molar-refractivity contribution in [2.24, 2.45) is 11.3 Å². The molecule has 2 atom stereocenters. The van der Waals surface area contributed by atoms with Crippen LogP contribution in [0.1, 0.15) is 63.0 Å². The normalized spacial score (nSPS) is 19.4. The number of fused-ring (bicyclic) bond motifs is 3. The minimum Gasteiger partial charge on any atom is -0.481 e. The van der Waals surface area contributed by atoms with E-state index in [0.29, 0.717) is 12.8 Å². The van der Waals surface area contributed by atoms with Gasteiger partial charge in [-0.05, 0) is 40.5 Å². The first-order chi connectivity index (χ1) is 16.7. The summed E-state index contributed by atoms with van der Waals surface area (Å²) in [6.45, 7) is 4.13. The van der Waals surface area contributed by atoms with Gasteiger partial charge < -0.3 is 20.5 Å². The van der Waals surface area contributed by atoms with Gasteiger partial charge in [-0.3, -0.25) is 9.59 Å². The highest BCUT2D eigenvalue weighted by atomic mass is 16.5. The van der Waals surface area contributed by atoms with Gasteiger partial charge in [-0.2, -0.15) is 0 Å². The number of benzene rings is 2. The van der Waals surface area contributed by atoms with Gasteiger partial charge in [0.1, 0.15) is 6.61 Å². The molecule has 0 spiro atoms. The zero-order valence-corrected chi connectivity index (χ0v) is 20.4. The van der Waals surface area contributed by atoms with Gasteiger partial charge >= 0.3 is 12.1 Å². The minimum atomic E-state index is -0.892. The average Bonchev–Trinajstić information content (AvgIpc) is 3.14. The number of carbonyl (C=O) groups excluding carboxylic acids is 2. The summed E-state index contributed by atoms with van der Waals surface area (Å²) in [7, 11) is 0. The molecule has 2 aromatic carbocycles. The molecule has 2 aliphatic carbocycles. The van der Waals surface area contributed by atoms with Crippen molar-refractivity contribution in [2.75, 3.05) is 13.2 Å². The van der Waals surface area contributed by atoms with Gasteiger partial charge in [0.25, 0.3) is 0 Å². The number of carbonyl (C=O) groups is 3. The maximum atomic E-state index is 12.9. The van der Waals surface area contributed by atoms with E-state index in [9.17, 15) is 14.4 Å². The number of amides is 2. The van der Waals surface area contributed by atoms with E-state index >= 15 is 0 Å². The summed E-state index contributed by atoms with van der Waals surface area (Å²) in [4.78, 5) is 36.7. The topological polar surface area (TPSA) is 105 Å². The van der Waals surface area contributed by atoms with Crippen LogP contribution in [0.5, 0.6) is 0 Å². The summed E-state index contributed by atoms with van der Waals surface area (Å²) < 4.78 is 5.68. The number of carboxylic acids is 1. The Bertz CT molecular complexity index is 1050. The van der Waals surface area contributed by atoms with Crippen LogP contribution in [0.2, 0.25) is 0 Å². The van der Waals surface area contributed by atoms with E-state index in [4.69, 9.17) is 9.84 Å². The maximum absolute atomic E-state index is 12.9. The molecule has 7 heteroatoms. The van der Waals surface area contributed by atoms with Crippen LogP contribution in [0, 0.1) is 11.3 Å². The summed E-state index contributed by atoms with van der Waals surface area (Å²) in [6, 6.07) is 16.1. The fourth-order valence-electron chi connectivity index (χ4n) is 5.34. The lowest BCUT2D eigenvalue weighted by atomic mass is 9.83. The number of rotatable bonds is 8.